The highest BCUT2D eigenvalue weighted by molar-refractivity contribution is 5.37. The Bertz CT molecular complexity index is 360. The van der Waals surface area contributed by atoms with E-state index in [1.807, 2.05) is 7.05 Å². The van der Waals surface area contributed by atoms with Crippen LogP contribution in [0.4, 0.5) is 0 Å². The van der Waals surface area contributed by atoms with Crippen molar-refractivity contribution in [1.82, 2.24) is 5.32 Å². The van der Waals surface area contributed by atoms with E-state index in [2.05, 4.69) is 51.2 Å². The second kappa shape index (κ2) is 6.06. The Balaban J connectivity index is 3.00. The van der Waals surface area contributed by atoms with Crippen molar-refractivity contribution in [2.75, 3.05) is 14.2 Å². The van der Waals surface area contributed by atoms with Crippen LogP contribution in [0.25, 0.3) is 0 Å². The summed E-state index contributed by atoms with van der Waals surface area (Å²) in [6.07, 6.45) is 0. The Kier molecular flexibility index (Phi) is 5.01. The van der Waals surface area contributed by atoms with Crippen LogP contribution >= 0.6 is 0 Å². The van der Waals surface area contributed by atoms with Crippen molar-refractivity contribution in [1.29, 1.82) is 0 Å². The highest BCUT2D eigenvalue weighted by Crippen LogP contribution is 2.30. The van der Waals surface area contributed by atoms with Gasteiger partial charge in [0.2, 0.25) is 0 Å². The first-order chi connectivity index (χ1) is 8.01. The average Bonchev–Trinajstić information content (AvgIpc) is 2.30. The van der Waals surface area contributed by atoms with Gasteiger partial charge in [0.15, 0.2) is 0 Å². The van der Waals surface area contributed by atoms with Crippen LogP contribution in [-0.2, 0) is 0 Å². The molecule has 0 bridgehead atoms. The average molecular weight is 235 g/mol. The summed E-state index contributed by atoms with van der Waals surface area (Å²) in [6.45, 7) is 8.93. The van der Waals surface area contributed by atoms with Gasteiger partial charge in [-0.3, -0.25) is 0 Å². The van der Waals surface area contributed by atoms with E-state index < -0.39 is 0 Å². The molecule has 0 saturated carbocycles. The Labute approximate surface area is 105 Å². The van der Waals surface area contributed by atoms with Crippen LogP contribution in [0.1, 0.15) is 37.9 Å². The van der Waals surface area contributed by atoms with Crippen LogP contribution in [0.5, 0.6) is 5.75 Å². The minimum Gasteiger partial charge on any atom is -0.496 e. The summed E-state index contributed by atoms with van der Waals surface area (Å²) in [5, 5.41) is 3.42. The first-order valence-corrected chi connectivity index (χ1v) is 6.33. The molecule has 1 N–H and O–H groups in total. The third-order valence-electron chi connectivity index (χ3n) is 3.67. The highest BCUT2D eigenvalue weighted by Gasteiger charge is 2.20. The molecule has 0 aliphatic carbocycles. The molecule has 1 rings (SSSR count). The van der Waals surface area contributed by atoms with Gasteiger partial charge >= 0.3 is 0 Å². The number of hydrogen-bond donors (Lipinski definition) is 1. The molecular formula is C15H25NO. The van der Waals surface area contributed by atoms with Crippen molar-refractivity contribution in [3.05, 3.63) is 29.3 Å². The maximum absolute atomic E-state index is 5.30. The largest absolute Gasteiger partial charge is 0.496 e. The number of aryl methyl sites for hydroxylation is 1. The normalized spacial score (nSPS) is 14.8. The summed E-state index contributed by atoms with van der Waals surface area (Å²) in [5.74, 6) is 2.23. The van der Waals surface area contributed by atoms with E-state index >= 15 is 0 Å². The van der Waals surface area contributed by atoms with E-state index in [0.717, 1.165) is 5.75 Å². The lowest BCUT2D eigenvalue weighted by atomic mass is 9.85. The lowest BCUT2D eigenvalue weighted by Gasteiger charge is -2.27. The van der Waals surface area contributed by atoms with Crippen LogP contribution in [0.15, 0.2) is 18.2 Å². The molecule has 0 radical (unpaired) electrons. The molecule has 0 aliphatic heterocycles. The van der Waals surface area contributed by atoms with Crippen LogP contribution in [0.3, 0.4) is 0 Å². The molecule has 2 heteroatoms. The lowest BCUT2D eigenvalue weighted by molar-refractivity contribution is 0.316. The zero-order valence-electron chi connectivity index (χ0n) is 11.9. The third kappa shape index (κ3) is 3.22. The SMILES string of the molecule is CNC(c1ccc(OC)c(C)c1)C(C)C(C)C. The van der Waals surface area contributed by atoms with Crippen molar-refractivity contribution in [3.63, 3.8) is 0 Å². The van der Waals surface area contributed by atoms with E-state index in [-0.39, 0.29) is 0 Å². The summed E-state index contributed by atoms with van der Waals surface area (Å²) in [7, 11) is 3.75. The van der Waals surface area contributed by atoms with Gasteiger partial charge in [0, 0.05) is 6.04 Å². The second-order valence-corrected chi connectivity index (χ2v) is 5.10. The van der Waals surface area contributed by atoms with Crippen LogP contribution in [0.2, 0.25) is 0 Å². The predicted molar refractivity (Wildman–Crippen MR) is 73.5 cm³/mol. The summed E-state index contributed by atoms with van der Waals surface area (Å²) in [5.41, 5.74) is 2.54. The molecule has 1 aromatic rings. The van der Waals surface area contributed by atoms with Crippen LogP contribution in [0, 0.1) is 18.8 Å². The maximum Gasteiger partial charge on any atom is 0.121 e. The molecule has 2 nitrogen and oxygen atoms in total. The molecule has 0 aliphatic rings. The number of hydrogen-bond acceptors (Lipinski definition) is 2. The molecular weight excluding hydrogens is 210 g/mol. The first-order valence-electron chi connectivity index (χ1n) is 6.33. The smallest absolute Gasteiger partial charge is 0.121 e. The molecule has 1 aromatic carbocycles. The van der Waals surface area contributed by atoms with Crippen molar-refractivity contribution in [3.8, 4) is 5.75 Å². The van der Waals surface area contributed by atoms with Gasteiger partial charge in [-0.15, -0.1) is 0 Å². The fraction of sp³-hybridized carbons (Fsp3) is 0.600. The number of ether oxygens (including phenoxy) is 1. The minimum atomic E-state index is 0.402. The van der Waals surface area contributed by atoms with E-state index in [9.17, 15) is 0 Å². The molecule has 2 unspecified atom stereocenters. The molecule has 0 saturated heterocycles. The molecule has 17 heavy (non-hydrogen) atoms. The van der Waals surface area contributed by atoms with Gasteiger partial charge in [-0.05, 0) is 43.0 Å². The summed E-state index contributed by atoms with van der Waals surface area (Å²) >= 11 is 0. The van der Waals surface area contributed by atoms with Crippen LogP contribution < -0.4 is 10.1 Å². The van der Waals surface area contributed by atoms with Gasteiger partial charge in [0.1, 0.15) is 5.75 Å². The van der Waals surface area contributed by atoms with Gasteiger partial charge in [-0.25, -0.2) is 0 Å². The van der Waals surface area contributed by atoms with Gasteiger partial charge in [-0.1, -0.05) is 32.9 Å². The topological polar surface area (TPSA) is 21.3 Å². The number of benzene rings is 1. The van der Waals surface area contributed by atoms with E-state index in [1.54, 1.807) is 7.11 Å². The fourth-order valence-electron chi connectivity index (χ4n) is 2.21. The van der Waals surface area contributed by atoms with Crippen molar-refractivity contribution < 1.29 is 4.74 Å². The monoisotopic (exact) mass is 235 g/mol. The number of nitrogens with one attached hydrogen (secondary N) is 1. The number of rotatable bonds is 5. The molecule has 0 amide bonds. The Morgan fingerprint density at radius 1 is 1.18 bits per heavy atom. The first kappa shape index (κ1) is 14.0. The summed E-state index contributed by atoms with van der Waals surface area (Å²) in [6, 6.07) is 6.84. The molecule has 2 atom stereocenters. The van der Waals surface area contributed by atoms with Gasteiger partial charge < -0.3 is 10.1 Å². The second-order valence-electron chi connectivity index (χ2n) is 5.10. The third-order valence-corrected chi connectivity index (χ3v) is 3.67. The Morgan fingerprint density at radius 2 is 1.82 bits per heavy atom. The van der Waals surface area contributed by atoms with Gasteiger partial charge in [0.05, 0.1) is 7.11 Å². The van der Waals surface area contributed by atoms with Crippen molar-refractivity contribution >= 4 is 0 Å². The number of methoxy groups -OCH3 is 1. The van der Waals surface area contributed by atoms with Gasteiger partial charge in [-0.2, -0.15) is 0 Å². The molecule has 0 fully saturated rings. The van der Waals surface area contributed by atoms with E-state index in [1.165, 1.54) is 11.1 Å². The van der Waals surface area contributed by atoms with Crippen molar-refractivity contribution in [2.24, 2.45) is 11.8 Å². The summed E-state index contributed by atoms with van der Waals surface area (Å²) < 4.78 is 5.30. The fourth-order valence-corrected chi connectivity index (χ4v) is 2.21. The Hall–Kier alpha value is -1.02. The minimum absolute atomic E-state index is 0.402. The predicted octanol–water partition coefficient (Wildman–Crippen LogP) is 3.56. The lowest BCUT2D eigenvalue weighted by Crippen LogP contribution is -2.26. The Morgan fingerprint density at radius 3 is 2.24 bits per heavy atom. The van der Waals surface area contributed by atoms with Gasteiger partial charge in [0.25, 0.3) is 0 Å². The molecule has 0 spiro atoms. The molecule has 0 aromatic heterocycles. The molecule has 0 heterocycles. The summed E-state index contributed by atoms with van der Waals surface area (Å²) in [4.78, 5) is 0. The maximum atomic E-state index is 5.30. The quantitative estimate of drug-likeness (QED) is 0.842. The molecule has 96 valence electrons. The zero-order valence-corrected chi connectivity index (χ0v) is 11.9. The highest BCUT2D eigenvalue weighted by atomic mass is 16.5. The van der Waals surface area contributed by atoms with Crippen molar-refractivity contribution in [2.45, 2.75) is 33.7 Å². The van der Waals surface area contributed by atoms with E-state index in [0.29, 0.717) is 17.9 Å². The van der Waals surface area contributed by atoms with Crippen LogP contribution in [-0.4, -0.2) is 14.2 Å². The zero-order chi connectivity index (χ0) is 13.0. The van der Waals surface area contributed by atoms with E-state index in [4.69, 9.17) is 4.74 Å². The standard InChI is InChI=1S/C15H25NO/c1-10(2)12(4)15(16-5)13-7-8-14(17-6)11(3)9-13/h7-10,12,15-16H,1-6H3.